The molecule has 2 aromatic rings. The van der Waals surface area contributed by atoms with E-state index in [2.05, 4.69) is 57.4 Å². The first-order valence-corrected chi connectivity index (χ1v) is 9.45. The molecule has 9 nitrogen and oxygen atoms in total. The Morgan fingerprint density at radius 2 is 2.08 bits per heavy atom. The summed E-state index contributed by atoms with van der Waals surface area (Å²) in [6.07, 6.45) is 0.472. The Labute approximate surface area is 164 Å². The second-order valence-corrected chi connectivity index (χ2v) is 8.01. The van der Waals surface area contributed by atoms with Gasteiger partial charge < -0.3 is 21.0 Å². The molecule has 1 fully saturated rings. The lowest BCUT2D eigenvalue weighted by Crippen LogP contribution is -2.40. The largest absolute Gasteiger partial charge is 0.369 e. The van der Waals surface area contributed by atoms with Crippen LogP contribution in [-0.2, 0) is 16.0 Å². The van der Waals surface area contributed by atoms with E-state index in [-0.39, 0.29) is 36.1 Å². The van der Waals surface area contributed by atoms with Gasteiger partial charge in [-0.2, -0.15) is 0 Å². The molecule has 3 heterocycles. The Morgan fingerprint density at radius 3 is 2.77 bits per heavy atom. The molecule has 0 bridgehead atoms. The van der Waals surface area contributed by atoms with Crippen molar-refractivity contribution < 1.29 is 14.4 Å². The van der Waals surface area contributed by atoms with Crippen molar-refractivity contribution in [3.05, 3.63) is 32.2 Å². The van der Waals surface area contributed by atoms with Gasteiger partial charge in [-0.05, 0) is 50.3 Å². The summed E-state index contributed by atoms with van der Waals surface area (Å²) in [5, 5.41) is 5.19. The van der Waals surface area contributed by atoms with Gasteiger partial charge in [0.05, 0.1) is 26.6 Å². The number of H-pyrrole nitrogens is 2. The number of nitrogens with zero attached hydrogens (tertiary/aromatic N) is 1. The van der Waals surface area contributed by atoms with Gasteiger partial charge in [0.25, 0.3) is 5.91 Å². The number of carbonyl (C=O) groups is 3. The number of aromatic nitrogens is 3. The van der Waals surface area contributed by atoms with Gasteiger partial charge >= 0.3 is 0 Å². The summed E-state index contributed by atoms with van der Waals surface area (Å²) >= 11 is 6.60. The van der Waals surface area contributed by atoms with Gasteiger partial charge in [-0.1, -0.05) is 0 Å². The summed E-state index contributed by atoms with van der Waals surface area (Å²) in [5.41, 5.74) is 7.36. The van der Waals surface area contributed by atoms with Crippen LogP contribution in [0, 0.1) is 11.8 Å². The van der Waals surface area contributed by atoms with Crippen LogP contribution in [0.25, 0.3) is 0 Å². The van der Waals surface area contributed by atoms with E-state index in [1.54, 1.807) is 6.07 Å². The predicted molar refractivity (Wildman–Crippen MR) is 98.1 cm³/mol. The number of carbonyl (C=O) groups excluding carboxylic acids is 3. The maximum Gasteiger partial charge on any atom is 0.267 e. The average molecular weight is 486 g/mol. The maximum absolute atomic E-state index is 12.3. The molecule has 136 valence electrons. The first-order chi connectivity index (χ1) is 12.3. The van der Waals surface area contributed by atoms with Crippen LogP contribution in [0.4, 0.5) is 5.95 Å². The van der Waals surface area contributed by atoms with Crippen LogP contribution in [0.15, 0.2) is 15.1 Å². The minimum Gasteiger partial charge on any atom is -0.369 e. The van der Waals surface area contributed by atoms with E-state index in [9.17, 15) is 14.4 Å². The molecule has 4 rings (SSSR count). The zero-order valence-corrected chi connectivity index (χ0v) is 16.4. The van der Waals surface area contributed by atoms with Crippen molar-refractivity contribution in [3.63, 3.8) is 0 Å². The van der Waals surface area contributed by atoms with Gasteiger partial charge in [-0.15, -0.1) is 0 Å². The second kappa shape index (κ2) is 6.23. The first kappa shape index (κ1) is 17.3. The first-order valence-electron chi connectivity index (χ1n) is 7.86. The zero-order valence-electron chi connectivity index (χ0n) is 13.2. The molecule has 3 atom stereocenters. The number of amides is 3. The number of nitrogens with two attached hydrogens (primary N) is 1. The topological polar surface area (TPSA) is 146 Å². The molecule has 3 amide bonds. The predicted octanol–water partition coefficient (Wildman–Crippen LogP) is 0.804. The molecule has 2 aromatic heterocycles. The van der Waals surface area contributed by atoms with Crippen molar-refractivity contribution >= 4 is 55.5 Å². The Balaban J connectivity index is 1.55. The van der Waals surface area contributed by atoms with Crippen LogP contribution >= 0.6 is 31.9 Å². The number of nitrogen functional groups attached to an aromatic ring is 1. The van der Waals surface area contributed by atoms with E-state index in [0.29, 0.717) is 22.4 Å². The zero-order chi connectivity index (χ0) is 18.6. The number of anilines is 1. The Morgan fingerprint density at radius 1 is 1.31 bits per heavy atom. The smallest absolute Gasteiger partial charge is 0.267 e. The van der Waals surface area contributed by atoms with E-state index in [1.165, 1.54) is 0 Å². The van der Waals surface area contributed by atoms with Crippen LogP contribution in [0.2, 0.25) is 0 Å². The van der Waals surface area contributed by atoms with E-state index in [0.717, 1.165) is 10.2 Å². The van der Waals surface area contributed by atoms with Gasteiger partial charge in [0.15, 0.2) is 5.95 Å². The maximum atomic E-state index is 12.3. The molecule has 6 N–H and O–H groups in total. The van der Waals surface area contributed by atoms with Gasteiger partial charge in [0.2, 0.25) is 11.8 Å². The number of hydrogen-bond acceptors (Lipinski definition) is 5. The summed E-state index contributed by atoms with van der Waals surface area (Å²) in [6.45, 7) is 0.243. The van der Waals surface area contributed by atoms with E-state index in [4.69, 9.17) is 5.73 Å². The van der Waals surface area contributed by atoms with E-state index >= 15 is 0 Å². The second-order valence-electron chi connectivity index (χ2n) is 6.36. The average Bonchev–Trinajstić information content (AvgIpc) is 3.20. The van der Waals surface area contributed by atoms with Gasteiger partial charge in [-0.3, -0.25) is 19.7 Å². The summed E-state index contributed by atoms with van der Waals surface area (Å²) in [5.74, 6) is -2.28. The molecule has 3 unspecified atom stereocenters. The fourth-order valence-corrected chi connectivity index (χ4v) is 4.32. The number of nitrogens with one attached hydrogen (secondary N) is 4. The molecule has 1 aliphatic carbocycles. The summed E-state index contributed by atoms with van der Waals surface area (Å²) in [6, 6.07) is 1.66. The Hall–Kier alpha value is -2.14. The molecule has 0 saturated carbocycles. The molecule has 0 spiro atoms. The number of hydrogen-bond donors (Lipinski definition) is 5. The molecule has 2 aliphatic rings. The SMILES string of the molecule is Nc1nc2c([nH]1)CC(CNC(=O)c1cc(Br)c(Br)[nH]1)C1C(=O)NC(=O)C21. The molecular formula is C15H14Br2N6O3. The third-order valence-corrected chi connectivity index (χ3v) is 6.57. The fraction of sp³-hybridized carbons (Fsp3) is 0.333. The van der Waals surface area contributed by atoms with Crippen LogP contribution in [0.1, 0.15) is 27.8 Å². The third-order valence-electron chi connectivity index (χ3n) is 4.78. The lowest BCUT2D eigenvalue weighted by molar-refractivity contribution is -0.126. The minimum absolute atomic E-state index is 0.215. The Bertz CT molecular complexity index is 916. The van der Waals surface area contributed by atoms with Crippen molar-refractivity contribution in [1.29, 1.82) is 0 Å². The molecule has 0 radical (unpaired) electrons. The van der Waals surface area contributed by atoms with Crippen molar-refractivity contribution in [1.82, 2.24) is 25.6 Å². The van der Waals surface area contributed by atoms with E-state index in [1.807, 2.05) is 0 Å². The summed E-state index contributed by atoms with van der Waals surface area (Å²) in [7, 11) is 0. The number of imidazole rings is 1. The number of fused-ring (bicyclic) bond motifs is 3. The van der Waals surface area contributed by atoms with Gasteiger partial charge in [-0.25, -0.2) is 4.98 Å². The standard InChI is InChI=1S/C15H14Br2N6O3/c16-5-2-7(20-11(5)17)12(24)19-3-4-1-6-10(22-15(18)21-6)9-8(4)13(25)23-14(9)26/h2,4,8-9,20H,1,3H2,(H,19,24)(H3,18,21,22)(H,23,25,26). The lowest BCUT2D eigenvalue weighted by Gasteiger charge is -2.29. The fourth-order valence-electron chi connectivity index (χ4n) is 3.67. The van der Waals surface area contributed by atoms with Crippen molar-refractivity contribution in [2.75, 3.05) is 12.3 Å². The monoisotopic (exact) mass is 484 g/mol. The molecule has 1 aliphatic heterocycles. The highest BCUT2D eigenvalue weighted by Crippen LogP contribution is 2.42. The minimum atomic E-state index is -0.671. The molecular weight excluding hydrogens is 472 g/mol. The van der Waals surface area contributed by atoms with Crippen molar-refractivity contribution in [3.8, 4) is 0 Å². The van der Waals surface area contributed by atoms with Gasteiger partial charge in [0, 0.05) is 12.2 Å². The van der Waals surface area contributed by atoms with Crippen molar-refractivity contribution in [2.45, 2.75) is 12.3 Å². The number of halogens is 2. The summed E-state index contributed by atoms with van der Waals surface area (Å²) in [4.78, 5) is 46.9. The molecule has 26 heavy (non-hydrogen) atoms. The highest BCUT2D eigenvalue weighted by atomic mass is 79.9. The van der Waals surface area contributed by atoms with Crippen LogP contribution in [-0.4, -0.2) is 39.2 Å². The number of imide groups is 1. The van der Waals surface area contributed by atoms with Crippen molar-refractivity contribution in [2.24, 2.45) is 11.8 Å². The number of rotatable bonds is 3. The van der Waals surface area contributed by atoms with Gasteiger partial charge in [0.1, 0.15) is 5.69 Å². The normalized spacial score (nSPS) is 24.2. The number of aromatic amines is 2. The highest BCUT2D eigenvalue weighted by molar-refractivity contribution is 9.13. The Kier molecular flexibility index (Phi) is 4.14. The molecule has 1 saturated heterocycles. The van der Waals surface area contributed by atoms with Crippen LogP contribution in [0.5, 0.6) is 0 Å². The molecule has 11 heteroatoms. The quantitative estimate of drug-likeness (QED) is 0.408. The summed E-state index contributed by atoms with van der Waals surface area (Å²) < 4.78 is 1.40. The highest BCUT2D eigenvalue weighted by Gasteiger charge is 2.51. The molecule has 0 aromatic carbocycles. The lowest BCUT2D eigenvalue weighted by atomic mass is 9.73. The van der Waals surface area contributed by atoms with Crippen LogP contribution in [0.3, 0.4) is 0 Å². The van der Waals surface area contributed by atoms with E-state index < -0.39 is 11.8 Å². The van der Waals surface area contributed by atoms with Crippen LogP contribution < -0.4 is 16.4 Å². The third kappa shape index (κ3) is 2.75.